The van der Waals surface area contributed by atoms with Crippen molar-refractivity contribution in [3.05, 3.63) is 21.9 Å². The largest absolute Gasteiger partial charge is 0.772 e. The molecule has 0 fully saturated rings. The van der Waals surface area contributed by atoms with Crippen molar-refractivity contribution < 1.29 is 8.76 Å². The smallest absolute Gasteiger partial charge is 0.0568 e. The van der Waals surface area contributed by atoms with Crippen LogP contribution < -0.4 is 0 Å². The van der Waals surface area contributed by atoms with Crippen molar-refractivity contribution in [2.45, 2.75) is 11.6 Å². The maximum atomic E-state index is 10.2. The quantitative estimate of drug-likeness (QED) is 0.563. The Kier molecular flexibility index (Phi) is 3.51. The zero-order chi connectivity index (χ0) is 8.27. The van der Waals surface area contributed by atoms with Crippen LogP contribution in [0.15, 0.2) is 12.1 Å². The first-order valence-electron chi connectivity index (χ1n) is 2.92. The molecule has 0 aliphatic carbocycles. The molecule has 1 unspecified atom stereocenters. The Balaban J connectivity index is 2.65. The summed E-state index contributed by atoms with van der Waals surface area (Å²) in [6.45, 7) is 0. The van der Waals surface area contributed by atoms with Gasteiger partial charge in [0.05, 0.1) is 5.88 Å². The molecule has 0 radical (unpaired) electrons. The van der Waals surface area contributed by atoms with Crippen LogP contribution in [0, 0.1) is 0 Å². The van der Waals surface area contributed by atoms with E-state index in [9.17, 15) is 8.76 Å². The van der Waals surface area contributed by atoms with Gasteiger partial charge in [-0.15, -0.1) is 22.9 Å². The number of halogens is 1. The minimum atomic E-state index is -1.99. The molecule has 0 bridgehead atoms. The summed E-state index contributed by atoms with van der Waals surface area (Å²) in [5.74, 6) is 0.553. The van der Waals surface area contributed by atoms with Crippen molar-refractivity contribution in [1.29, 1.82) is 0 Å². The van der Waals surface area contributed by atoms with Crippen LogP contribution in [0.2, 0.25) is 0 Å². The van der Waals surface area contributed by atoms with E-state index in [4.69, 9.17) is 11.6 Å². The van der Waals surface area contributed by atoms with Crippen LogP contribution in [0.1, 0.15) is 9.75 Å². The van der Waals surface area contributed by atoms with Gasteiger partial charge in [0.25, 0.3) is 0 Å². The average Bonchev–Trinajstić information content (AvgIpc) is 2.34. The van der Waals surface area contributed by atoms with Crippen LogP contribution in [0.5, 0.6) is 0 Å². The minimum Gasteiger partial charge on any atom is -0.772 e. The van der Waals surface area contributed by atoms with Gasteiger partial charge >= 0.3 is 0 Å². The van der Waals surface area contributed by atoms with E-state index in [2.05, 4.69) is 0 Å². The van der Waals surface area contributed by atoms with Crippen molar-refractivity contribution in [3.8, 4) is 0 Å². The van der Waals surface area contributed by atoms with Gasteiger partial charge in [-0.2, -0.15) is 0 Å². The van der Waals surface area contributed by atoms with Gasteiger partial charge in [-0.25, -0.2) is 0 Å². The Morgan fingerprint density at radius 1 is 1.55 bits per heavy atom. The fourth-order valence-electron chi connectivity index (χ4n) is 0.688. The summed E-state index contributed by atoms with van der Waals surface area (Å²) >= 11 is 4.98. The molecule has 1 atom stereocenters. The molecular formula is C6H6ClO2S2-. The molecule has 2 nitrogen and oxygen atoms in total. The average molecular weight is 210 g/mol. The van der Waals surface area contributed by atoms with Gasteiger partial charge in [0.1, 0.15) is 0 Å². The summed E-state index contributed by atoms with van der Waals surface area (Å²) in [5, 5.41) is 0. The van der Waals surface area contributed by atoms with Crippen LogP contribution in [-0.2, 0) is 22.7 Å². The lowest BCUT2D eigenvalue weighted by molar-refractivity contribution is 0.536. The molecule has 0 spiro atoms. The van der Waals surface area contributed by atoms with Crippen LogP contribution in [-0.4, -0.2) is 8.76 Å². The highest BCUT2D eigenvalue weighted by molar-refractivity contribution is 7.78. The van der Waals surface area contributed by atoms with Gasteiger partial charge in [0, 0.05) is 15.5 Å². The van der Waals surface area contributed by atoms with E-state index >= 15 is 0 Å². The molecular weight excluding hydrogens is 204 g/mol. The fourth-order valence-corrected chi connectivity index (χ4v) is 2.46. The predicted octanol–water partition coefficient (Wildman–Crippen LogP) is 1.87. The van der Waals surface area contributed by atoms with E-state index in [0.29, 0.717) is 5.88 Å². The third kappa shape index (κ3) is 2.91. The van der Waals surface area contributed by atoms with E-state index in [1.165, 1.54) is 11.3 Å². The maximum absolute atomic E-state index is 10.2. The Bertz CT molecular complexity index is 259. The van der Waals surface area contributed by atoms with Gasteiger partial charge in [-0.05, 0) is 23.2 Å². The summed E-state index contributed by atoms with van der Waals surface area (Å²) in [7, 11) is 0. The molecule has 0 N–H and O–H groups in total. The normalized spacial score (nSPS) is 13.3. The van der Waals surface area contributed by atoms with E-state index in [0.717, 1.165) is 9.75 Å². The predicted molar refractivity (Wildman–Crippen MR) is 46.5 cm³/mol. The lowest BCUT2D eigenvalue weighted by atomic mass is 10.5. The first-order chi connectivity index (χ1) is 5.22. The summed E-state index contributed by atoms with van der Waals surface area (Å²) in [6, 6.07) is 3.64. The molecule has 5 heteroatoms. The maximum Gasteiger partial charge on any atom is 0.0568 e. The summed E-state index contributed by atoms with van der Waals surface area (Å²) in [4.78, 5) is 1.85. The van der Waals surface area contributed by atoms with Crippen LogP contribution in [0.4, 0.5) is 0 Å². The van der Waals surface area contributed by atoms with Gasteiger partial charge in [0.2, 0.25) is 0 Å². The van der Waals surface area contributed by atoms with Gasteiger partial charge < -0.3 is 4.55 Å². The Morgan fingerprint density at radius 2 is 2.18 bits per heavy atom. The fraction of sp³-hybridized carbons (Fsp3) is 0.333. The zero-order valence-electron chi connectivity index (χ0n) is 5.58. The first-order valence-corrected chi connectivity index (χ1v) is 5.51. The van der Waals surface area contributed by atoms with Crippen molar-refractivity contribution >= 4 is 34.0 Å². The number of hydrogen-bond acceptors (Lipinski definition) is 3. The van der Waals surface area contributed by atoms with Crippen molar-refractivity contribution in [2.24, 2.45) is 0 Å². The molecule has 0 amide bonds. The van der Waals surface area contributed by atoms with Gasteiger partial charge in [0.15, 0.2) is 0 Å². The van der Waals surface area contributed by atoms with E-state index in [-0.39, 0.29) is 5.75 Å². The summed E-state index contributed by atoms with van der Waals surface area (Å²) in [6.07, 6.45) is 0. The lowest BCUT2D eigenvalue weighted by Crippen LogP contribution is -1.88. The molecule has 0 saturated heterocycles. The summed E-state index contributed by atoms with van der Waals surface area (Å²) < 4.78 is 20.5. The third-order valence-electron chi connectivity index (χ3n) is 1.11. The Morgan fingerprint density at radius 3 is 2.64 bits per heavy atom. The van der Waals surface area contributed by atoms with Crippen molar-refractivity contribution in [1.82, 2.24) is 0 Å². The van der Waals surface area contributed by atoms with E-state index < -0.39 is 11.1 Å². The molecule has 0 saturated carbocycles. The SMILES string of the molecule is O=S([O-])Cc1ccc(CCl)s1. The number of thiophene rings is 1. The molecule has 1 rings (SSSR count). The number of hydrogen-bond donors (Lipinski definition) is 0. The number of alkyl halides is 1. The first kappa shape index (κ1) is 9.19. The molecule has 0 aliphatic rings. The van der Waals surface area contributed by atoms with Crippen molar-refractivity contribution in [2.75, 3.05) is 0 Å². The molecule has 0 aliphatic heterocycles. The highest BCUT2D eigenvalue weighted by Crippen LogP contribution is 2.19. The second kappa shape index (κ2) is 4.21. The second-order valence-electron chi connectivity index (χ2n) is 1.95. The van der Waals surface area contributed by atoms with Crippen LogP contribution in [0.25, 0.3) is 0 Å². The summed E-state index contributed by atoms with van der Waals surface area (Å²) in [5.41, 5.74) is 0. The monoisotopic (exact) mass is 209 g/mol. The minimum absolute atomic E-state index is 0.0988. The van der Waals surface area contributed by atoms with E-state index in [1.807, 2.05) is 6.07 Å². The Hall–Kier alpha value is 0.1000. The molecule has 0 aromatic carbocycles. The van der Waals surface area contributed by atoms with Gasteiger partial charge in [-0.3, -0.25) is 4.21 Å². The van der Waals surface area contributed by atoms with E-state index in [1.54, 1.807) is 6.07 Å². The Labute approximate surface area is 76.5 Å². The number of rotatable bonds is 3. The second-order valence-corrected chi connectivity index (χ2v) is 4.37. The van der Waals surface area contributed by atoms with Crippen molar-refractivity contribution in [3.63, 3.8) is 0 Å². The highest BCUT2D eigenvalue weighted by atomic mass is 35.5. The zero-order valence-corrected chi connectivity index (χ0v) is 7.97. The molecule has 62 valence electrons. The third-order valence-corrected chi connectivity index (χ3v) is 3.37. The molecule has 1 aromatic heterocycles. The molecule has 1 aromatic rings. The topological polar surface area (TPSA) is 40.1 Å². The highest BCUT2D eigenvalue weighted by Gasteiger charge is 1.97. The lowest BCUT2D eigenvalue weighted by Gasteiger charge is -1.99. The standard InChI is InChI=1S/C6H7ClO2S2/c7-3-5-1-2-6(10-5)4-11(8)9/h1-2H,3-4H2,(H,8,9)/p-1. The molecule has 11 heavy (non-hydrogen) atoms. The van der Waals surface area contributed by atoms with Gasteiger partial charge in [-0.1, -0.05) is 0 Å². The molecule has 1 heterocycles. The van der Waals surface area contributed by atoms with Crippen LogP contribution >= 0.6 is 22.9 Å². The van der Waals surface area contributed by atoms with Crippen LogP contribution in [0.3, 0.4) is 0 Å².